The summed E-state index contributed by atoms with van der Waals surface area (Å²) in [5.41, 5.74) is 0. The van der Waals surface area contributed by atoms with Crippen molar-refractivity contribution in [1.29, 1.82) is 0 Å². The van der Waals surface area contributed by atoms with Gasteiger partial charge in [0.15, 0.2) is 0 Å². The largest absolute Gasteiger partial charge is 0.481 e. The molecule has 2 N–H and O–H groups in total. The number of carbonyl (C=O) groups is 2. The minimum absolute atomic E-state index is 0.0820. The molecule has 0 aromatic carbocycles. The summed E-state index contributed by atoms with van der Waals surface area (Å²) in [6.07, 6.45) is 3.94. The van der Waals surface area contributed by atoms with E-state index in [1.165, 1.54) is 0 Å². The molecule has 2 aliphatic carbocycles. The predicted octanol–water partition coefficient (Wildman–Crippen LogP) is 2.23. The van der Waals surface area contributed by atoms with E-state index in [1.54, 1.807) is 0 Å². The van der Waals surface area contributed by atoms with E-state index in [0.29, 0.717) is 24.7 Å². The van der Waals surface area contributed by atoms with Gasteiger partial charge < -0.3 is 10.2 Å². The number of hydrogen-bond acceptors (Lipinski definition) is 2. The lowest BCUT2D eigenvalue weighted by Crippen LogP contribution is -2.41. The quantitative estimate of drug-likeness (QED) is 0.776. The highest BCUT2D eigenvalue weighted by Crippen LogP contribution is 2.47. The molecular weight excluding hydrogens is 220 g/mol. The second kappa shape index (κ2) is 4.67. The minimum atomic E-state index is -0.758. The smallest absolute Gasteiger partial charge is 0.306 e. The van der Waals surface area contributed by atoms with Gasteiger partial charge in [-0.1, -0.05) is 6.92 Å². The zero-order valence-electron chi connectivity index (χ0n) is 10.1. The lowest BCUT2D eigenvalue weighted by atomic mass is 9.60. The molecule has 17 heavy (non-hydrogen) atoms. The maximum absolute atomic E-state index is 11.3. The molecule has 0 heterocycles. The maximum Gasteiger partial charge on any atom is 0.306 e. The zero-order valence-corrected chi connectivity index (χ0v) is 10.1. The van der Waals surface area contributed by atoms with Gasteiger partial charge in [-0.2, -0.15) is 0 Å². The van der Waals surface area contributed by atoms with Crippen LogP contribution in [0.25, 0.3) is 0 Å². The molecule has 0 aliphatic heterocycles. The maximum atomic E-state index is 11.3. The molecule has 0 radical (unpaired) electrons. The first kappa shape index (κ1) is 12.4. The molecule has 4 heteroatoms. The fraction of sp³-hybridized carbons (Fsp3) is 0.846. The van der Waals surface area contributed by atoms with Crippen LogP contribution >= 0.6 is 0 Å². The second-order valence-electron chi connectivity index (χ2n) is 5.79. The van der Waals surface area contributed by atoms with Crippen molar-refractivity contribution in [3.05, 3.63) is 0 Å². The molecule has 0 bridgehead atoms. The molecule has 2 rings (SSSR count). The van der Waals surface area contributed by atoms with E-state index in [4.69, 9.17) is 5.11 Å². The average molecular weight is 240 g/mol. The third-order valence-corrected chi connectivity index (χ3v) is 4.59. The van der Waals surface area contributed by atoms with E-state index in [1.807, 2.05) is 0 Å². The summed E-state index contributed by atoms with van der Waals surface area (Å²) in [4.78, 5) is 22.3. The summed E-state index contributed by atoms with van der Waals surface area (Å²) < 4.78 is 0. The summed E-state index contributed by atoms with van der Waals surface area (Å²) in [5.74, 6) is -1.19. The Labute approximate surface area is 101 Å². The van der Waals surface area contributed by atoms with Gasteiger partial charge in [0.25, 0.3) is 0 Å². The van der Waals surface area contributed by atoms with Crippen molar-refractivity contribution in [1.82, 2.24) is 0 Å². The van der Waals surface area contributed by atoms with E-state index < -0.39 is 11.9 Å². The van der Waals surface area contributed by atoms with Crippen LogP contribution in [0, 0.1) is 29.6 Å². The molecular formula is C13H20O4. The molecule has 2 aliphatic rings. The fourth-order valence-electron chi connectivity index (χ4n) is 3.78. The third-order valence-electron chi connectivity index (χ3n) is 4.59. The number of carboxylic acids is 2. The molecule has 5 atom stereocenters. The van der Waals surface area contributed by atoms with Crippen LogP contribution in [0.5, 0.6) is 0 Å². The lowest BCUT2D eigenvalue weighted by Gasteiger charge is -2.43. The van der Waals surface area contributed by atoms with Gasteiger partial charge in [0.05, 0.1) is 11.8 Å². The highest BCUT2D eigenvalue weighted by molar-refractivity contribution is 5.72. The van der Waals surface area contributed by atoms with Crippen molar-refractivity contribution in [2.24, 2.45) is 29.6 Å². The Morgan fingerprint density at radius 3 is 2.29 bits per heavy atom. The Morgan fingerprint density at radius 2 is 1.71 bits per heavy atom. The molecule has 0 amide bonds. The van der Waals surface area contributed by atoms with Crippen molar-refractivity contribution >= 4 is 11.9 Å². The van der Waals surface area contributed by atoms with E-state index in [0.717, 1.165) is 19.3 Å². The van der Waals surface area contributed by atoms with Gasteiger partial charge in [-0.25, -0.2) is 0 Å². The van der Waals surface area contributed by atoms with E-state index >= 15 is 0 Å². The van der Waals surface area contributed by atoms with Crippen LogP contribution < -0.4 is 0 Å². The van der Waals surface area contributed by atoms with Crippen molar-refractivity contribution in [2.75, 3.05) is 0 Å². The Hall–Kier alpha value is -1.06. The Kier molecular flexibility index (Phi) is 3.40. The van der Waals surface area contributed by atoms with Crippen LogP contribution in [0.1, 0.15) is 39.0 Å². The Morgan fingerprint density at radius 1 is 1.00 bits per heavy atom. The summed E-state index contributed by atoms with van der Waals surface area (Å²) in [6.45, 7) is 2.11. The number of hydrogen-bond donors (Lipinski definition) is 2. The first-order valence-electron chi connectivity index (χ1n) is 6.44. The number of carboxylic acid groups (broad SMARTS) is 2. The zero-order chi connectivity index (χ0) is 12.6. The molecule has 0 saturated heterocycles. The van der Waals surface area contributed by atoms with Crippen molar-refractivity contribution in [3.63, 3.8) is 0 Å². The fourth-order valence-corrected chi connectivity index (χ4v) is 3.78. The number of aliphatic carboxylic acids is 2. The molecule has 96 valence electrons. The van der Waals surface area contributed by atoms with Crippen LogP contribution in [0.3, 0.4) is 0 Å². The van der Waals surface area contributed by atoms with Crippen LogP contribution in [-0.2, 0) is 9.59 Å². The van der Waals surface area contributed by atoms with E-state index in [2.05, 4.69) is 6.92 Å². The number of rotatable bonds is 2. The van der Waals surface area contributed by atoms with E-state index in [-0.39, 0.29) is 17.8 Å². The van der Waals surface area contributed by atoms with Gasteiger partial charge >= 0.3 is 11.9 Å². The SMILES string of the molecule is CC1CC2CCC(C(=O)O)CC2C(C(=O)O)C1. The minimum Gasteiger partial charge on any atom is -0.481 e. The standard InChI is InChI=1S/C13H20O4/c1-7-4-8-2-3-9(12(14)15)6-10(8)11(5-7)13(16)17/h7-11H,2-6H2,1H3,(H,14,15)(H,16,17). The highest BCUT2D eigenvalue weighted by Gasteiger charge is 2.44. The second-order valence-corrected chi connectivity index (χ2v) is 5.79. The van der Waals surface area contributed by atoms with Gasteiger partial charge in [0.1, 0.15) is 0 Å². The molecule has 4 nitrogen and oxygen atoms in total. The molecule has 0 aromatic heterocycles. The molecule has 5 unspecified atom stereocenters. The summed E-state index contributed by atoms with van der Waals surface area (Å²) in [7, 11) is 0. The highest BCUT2D eigenvalue weighted by atomic mass is 16.4. The monoisotopic (exact) mass is 240 g/mol. The Bertz CT molecular complexity index is 325. The van der Waals surface area contributed by atoms with Crippen molar-refractivity contribution in [3.8, 4) is 0 Å². The summed E-state index contributed by atoms with van der Waals surface area (Å²) >= 11 is 0. The van der Waals surface area contributed by atoms with Crippen LogP contribution in [0.4, 0.5) is 0 Å². The van der Waals surface area contributed by atoms with E-state index in [9.17, 15) is 14.7 Å². The lowest BCUT2D eigenvalue weighted by molar-refractivity contribution is -0.153. The van der Waals surface area contributed by atoms with Crippen LogP contribution in [0.15, 0.2) is 0 Å². The molecule has 0 aromatic rings. The Balaban J connectivity index is 2.13. The predicted molar refractivity (Wildman–Crippen MR) is 61.5 cm³/mol. The van der Waals surface area contributed by atoms with Gasteiger partial charge in [0, 0.05) is 0 Å². The van der Waals surface area contributed by atoms with Gasteiger partial charge in [-0.15, -0.1) is 0 Å². The van der Waals surface area contributed by atoms with Crippen LogP contribution in [0.2, 0.25) is 0 Å². The molecule has 0 spiro atoms. The summed E-state index contributed by atoms with van der Waals surface area (Å²) in [5, 5.41) is 18.3. The molecule has 2 fully saturated rings. The van der Waals surface area contributed by atoms with Crippen LogP contribution in [-0.4, -0.2) is 22.2 Å². The topological polar surface area (TPSA) is 74.6 Å². The third kappa shape index (κ3) is 2.45. The average Bonchev–Trinajstić information content (AvgIpc) is 2.26. The van der Waals surface area contributed by atoms with Gasteiger partial charge in [-0.05, 0) is 49.9 Å². The van der Waals surface area contributed by atoms with Gasteiger partial charge in [-0.3, -0.25) is 9.59 Å². The number of fused-ring (bicyclic) bond motifs is 1. The normalized spacial score (nSPS) is 41.6. The first-order chi connectivity index (χ1) is 7.99. The first-order valence-corrected chi connectivity index (χ1v) is 6.44. The summed E-state index contributed by atoms with van der Waals surface area (Å²) in [6, 6.07) is 0. The van der Waals surface area contributed by atoms with Crippen molar-refractivity contribution < 1.29 is 19.8 Å². The van der Waals surface area contributed by atoms with Gasteiger partial charge in [0.2, 0.25) is 0 Å². The molecule has 2 saturated carbocycles. The van der Waals surface area contributed by atoms with Crippen molar-refractivity contribution in [2.45, 2.75) is 39.0 Å².